The Hall–Kier alpha value is -1.35. The average Bonchev–Trinajstić information content (AvgIpc) is 2.19. The number of carbonyl (C=O) groups is 2. The van der Waals surface area contributed by atoms with E-state index in [0.717, 1.165) is 0 Å². The molecule has 0 aromatic carbocycles. The smallest absolute Gasteiger partial charge is 0.314 e. The SMILES string of the molecule is CC(CNC(=O)NCCCS(N)(=O)=O)CC(=O)O. The van der Waals surface area contributed by atoms with Gasteiger partial charge in [0.25, 0.3) is 0 Å². The van der Waals surface area contributed by atoms with Crippen LogP contribution in [0.15, 0.2) is 0 Å². The quantitative estimate of drug-likeness (QED) is 0.426. The highest BCUT2D eigenvalue weighted by Gasteiger charge is 2.09. The van der Waals surface area contributed by atoms with Gasteiger partial charge in [0.1, 0.15) is 0 Å². The summed E-state index contributed by atoms with van der Waals surface area (Å²) in [6, 6.07) is -0.457. The lowest BCUT2D eigenvalue weighted by Crippen LogP contribution is -2.39. The van der Waals surface area contributed by atoms with E-state index in [1.54, 1.807) is 6.92 Å². The largest absolute Gasteiger partial charge is 0.481 e. The Morgan fingerprint density at radius 2 is 1.94 bits per heavy atom. The van der Waals surface area contributed by atoms with Crippen molar-refractivity contribution in [3.8, 4) is 0 Å². The third kappa shape index (κ3) is 11.1. The van der Waals surface area contributed by atoms with Crippen LogP contribution in [-0.4, -0.2) is 44.4 Å². The molecular weight excluding hydrogens is 262 g/mol. The van der Waals surface area contributed by atoms with Gasteiger partial charge < -0.3 is 15.7 Å². The maximum atomic E-state index is 11.2. The van der Waals surface area contributed by atoms with Crippen LogP contribution < -0.4 is 15.8 Å². The van der Waals surface area contributed by atoms with Crippen molar-refractivity contribution in [2.75, 3.05) is 18.8 Å². The molecule has 106 valence electrons. The van der Waals surface area contributed by atoms with Gasteiger partial charge in [0.15, 0.2) is 0 Å². The van der Waals surface area contributed by atoms with E-state index in [-0.39, 0.29) is 37.6 Å². The normalized spacial score (nSPS) is 12.8. The highest BCUT2D eigenvalue weighted by molar-refractivity contribution is 7.89. The number of rotatable bonds is 8. The van der Waals surface area contributed by atoms with Crippen LogP contribution in [0, 0.1) is 5.92 Å². The van der Waals surface area contributed by atoms with Crippen molar-refractivity contribution < 1.29 is 23.1 Å². The fourth-order valence-electron chi connectivity index (χ4n) is 1.17. The molecule has 0 heterocycles. The first-order valence-electron chi connectivity index (χ1n) is 5.44. The lowest BCUT2D eigenvalue weighted by atomic mass is 10.1. The molecule has 0 rings (SSSR count). The highest BCUT2D eigenvalue weighted by atomic mass is 32.2. The number of nitrogens with one attached hydrogen (secondary N) is 2. The Kier molecular flexibility index (Phi) is 7.29. The first-order valence-corrected chi connectivity index (χ1v) is 7.16. The molecule has 0 radical (unpaired) electrons. The lowest BCUT2D eigenvalue weighted by Gasteiger charge is -2.11. The number of carbonyl (C=O) groups excluding carboxylic acids is 1. The molecule has 0 aromatic rings. The minimum Gasteiger partial charge on any atom is -0.481 e. The van der Waals surface area contributed by atoms with Crippen LogP contribution >= 0.6 is 0 Å². The molecule has 0 spiro atoms. The second-order valence-electron chi connectivity index (χ2n) is 4.06. The summed E-state index contributed by atoms with van der Waals surface area (Å²) >= 11 is 0. The number of carboxylic acid groups (broad SMARTS) is 1. The van der Waals surface area contributed by atoms with Gasteiger partial charge in [-0.3, -0.25) is 4.79 Å². The third-order valence-electron chi connectivity index (χ3n) is 2.03. The van der Waals surface area contributed by atoms with E-state index in [1.165, 1.54) is 0 Å². The summed E-state index contributed by atoms with van der Waals surface area (Å²) in [6.07, 6.45) is 0.211. The number of urea groups is 1. The van der Waals surface area contributed by atoms with E-state index < -0.39 is 22.0 Å². The second-order valence-corrected chi connectivity index (χ2v) is 5.79. The minimum absolute atomic E-state index is 0.0221. The van der Waals surface area contributed by atoms with Gasteiger partial charge in [-0.05, 0) is 12.3 Å². The molecule has 0 aliphatic heterocycles. The van der Waals surface area contributed by atoms with Crippen LogP contribution in [0.1, 0.15) is 19.8 Å². The van der Waals surface area contributed by atoms with Gasteiger partial charge in [-0.1, -0.05) is 6.92 Å². The Bertz CT molecular complexity index is 382. The van der Waals surface area contributed by atoms with Gasteiger partial charge >= 0.3 is 12.0 Å². The zero-order chi connectivity index (χ0) is 14.2. The molecule has 1 atom stereocenters. The fraction of sp³-hybridized carbons (Fsp3) is 0.778. The van der Waals surface area contributed by atoms with Gasteiger partial charge in [0, 0.05) is 19.5 Å². The minimum atomic E-state index is -3.50. The highest BCUT2D eigenvalue weighted by Crippen LogP contribution is 1.98. The summed E-state index contributed by atoms with van der Waals surface area (Å²) in [5.41, 5.74) is 0. The summed E-state index contributed by atoms with van der Waals surface area (Å²) < 4.78 is 21.2. The molecule has 0 fully saturated rings. The molecule has 5 N–H and O–H groups in total. The molecule has 0 aliphatic carbocycles. The monoisotopic (exact) mass is 281 g/mol. The van der Waals surface area contributed by atoms with E-state index in [2.05, 4.69) is 10.6 Å². The number of aliphatic carboxylic acids is 1. The topological polar surface area (TPSA) is 139 Å². The number of sulfonamides is 1. The van der Waals surface area contributed by atoms with E-state index in [9.17, 15) is 18.0 Å². The van der Waals surface area contributed by atoms with Crippen molar-refractivity contribution in [2.45, 2.75) is 19.8 Å². The average molecular weight is 281 g/mol. The molecular formula is C9H19N3O5S. The Labute approximate surface area is 106 Å². The molecule has 0 aromatic heterocycles. The molecule has 8 nitrogen and oxygen atoms in total. The van der Waals surface area contributed by atoms with Gasteiger partial charge in [0.2, 0.25) is 10.0 Å². The number of hydrogen-bond acceptors (Lipinski definition) is 4. The van der Waals surface area contributed by atoms with E-state index >= 15 is 0 Å². The number of primary sulfonamides is 1. The van der Waals surface area contributed by atoms with Crippen LogP contribution in [0.5, 0.6) is 0 Å². The summed E-state index contributed by atoms with van der Waals surface area (Å²) in [4.78, 5) is 21.6. The summed E-state index contributed by atoms with van der Waals surface area (Å²) in [5, 5.41) is 18.2. The molecule has 18 heavy (non-hydrogen) atoms. The zero-order valence-electron chi connectivity index (χ0n) is 10.2. The van der Waals surface area contributed by atoms with Crippen LogP contribution in [0.3, 0.4) is 0 Å². The Morgan fingerprint density at radius 1 is 1.33 bits per heavy atom. The zero-order valence-corrected chi connectivity index (χ0v) is 11.0. The van der Waals surface area contributed by atoms with Crippen molar-refractivity contribution in [1.82, 2.24) is 10.6 Å². The Morgan fingerprint density at radius 3 is 2.44 bits per heavy atom. The van der Waals surface area contributed by atoms with Crippen molar-refractivity contribution in [3.63, 3.8) is 0 Å². The Balaban J connectivity index is 3.63. The van der Waals surface area contributed by atoms with Crippen molar-refractivity contribution in [2.24, 2.45) is 11.1 Å². The first kappa shape index (κ1) is 16.6. The van der Waals surface area contributed by atoms with E-state index in [0.29, 0.717) is 0 Å². The van der Waals surface area contributed by atoms with Crippen molar-refractivity contribution in [3.05, 3.63) is 0 Å². The molecule has 0 bridgehead atoms. The van der Waals surface area contributed by atoms with Gasteiger partial charge in [0.05, 0.1) is 5.75 Å². The van der Waals surface area contributed by atoms with Gasteiger partial charge in [-0.2, -0.15) is 0 Å². The van der Waals surface area contributed by atoms with E-state index in [4.69, 9.17) is 10.2 Å². The van der Waals surface area contributed by atoms with Crippen LogP contribution in [-0.2, 0) is 14.8 Å². The number of amides is 2. The van der Waals surface area contributed by atoms with Gasteiger partial charge in [-0.25, -0.2) is 18.4 Å². The lowest BCUT2D eigenvalue weighted by molar-refractivity contribution is -0.137. The van der Waals surface area contributed by atoms with Crippen LogP contribution in [0.2, 0.25) is 0 Å². The molecule has 0 saturated heterocycles. The van der Waals surface area contributed by atoms with Crippen LogP contribution in [0.25, 0.3) is 0 Å². The maximum absolute atomic E-state index is 11.2. The molecule has 0 aliphatic rings. The fourth-order valence-corrected chi connectivity index (χ4v) is 1.72. The standard InChI is InChI=1S/C9H19N3O5S/c1-7(5-8(13)14)6-12-9(15)11-3-2-4-18(10,16)17/h7H,2-6H2,1H3,(H,13,14)(H2,10,16,17)(H2,11,12,15). The van der Waals surface area contributed by atoms with Crippen LogP contribution in [0.4, 0.5) is 4.79 Å². The molecule has 9 heteroatoms. The summed E-state index contributed by atoms with van der Waals surface area (Å²) in [7, 11) is -3.50. The number of nitrogens with two attached hydrogens (primary N) is 1. The predicted molar refractivity (Wildman–Crippen MR) is 65.4 cm³/mol. The summed E-state index contributed by atoms with van der Waals surface area (Å²) in [5.74, 6) is -1.28. The van der Waals surface area contributed by atoms with Gasteiger partial charge in [-0.15, -0.1) is 0 Å². The van der Waals surface area contributed by atoms with Crippen molar-refractivity contribution >= 4 is 22.0 Å². The van der Waals surface area contributed by atoms with E-state index in [1.807, 2.05) is 0 Å². The predicted octanol–water partition coefficient (Wildman–Crippen LogP) is -0.925. The first-order chi connectivity index (χ1) is 8.20. The number of carboxylic acids is 1. The number of hydrogen-bond donors (Lipinski definition) is 4. The molecule has 1 unspecified atom stereocenters. The third-order valence-corrected chi connectivity index (χ3v) is 2.88. The summed E-state index contributed by atoms with van der Waals surface area (Å²) in [6.45, 7) is 2.14. The van der Waals surface area contributed by atoms with Crippen molar-refractivity contribution in [1.29, 1.82) is 0 Å². The molecule has 0 saturated carbocycles. The maximum Gasteiger partial charge on any atom is 0.314 e. The second kappa shape index (κ2) is 7.88. The molecule has 2 amide bonds.